The molecule has 1 atom stereocenters. The van der Waals surface area contributed by atoms with Crippen LogP contribution in [-0.2, 0) is 9.59 Å². The molecule has 0 aromatic carbocycles. The number of carboxylic acid groups (broad SMARTS) is 1. The van der Waals surface area contributed by atoms with E-state index in [9.17, 15) is 9.59 Å². The van der Waals surface area contributed by atoms with Crippen LogP contribution in [0.4, 0.5) is 0 Å². The van der Waals surface area contributed by atoms with Crippen LogP contribution < -0.4 is 0 Å². The van der Waals surface area contributed by atoms with Gasteiger partial charge in [-0.1, -0.05) is 13.0 Å². The zero-order valence-electron chi connectivity index (χ0n) is 7.83. The zero-order chi connectivity index (χ0) is 10.1. The highest BCUT2D eigenvalue weighted by atomic mass is 16.4. The van der Waals surface area contributed by atoms with Crippen LogP contribution in [0, 0.1) is 5.92 Å². The van der Waals surface area contributed by atoms with Gasteiger partial charge < -0.3 is 9.90 Å². The summed E-state index contributed by atoms with van der Waals surface area (Å²) < 4.78 is 0. The summed E-state index contributed by atoms with van der Waals surface area (Å²) in [4.78, 5) is 19.5. The van der Waals surface area contributed by atoms with Gasteiger partial charge >= 0.3 is 5.97 Å². The van der Waals surface area contributed by atoms with E-state index in [0.717, 1.165) is 0 Å². The molecule has 0 aromatic rings. The van der Waals surface area contributed by atoms with Crippen molar-refractivity contribution in [3.8, 4) is 0 Å². The normalized spacial score (nSPS) is 10.6. The molecule has 0 saturated carbocycles. The molecule has 0 aliphatic heterocycles. The Labute approximate surface area is 73.1 Å². The first-order valence-corrected chi connectivity index (χ1v) is 3.72. The molecule has 0 spiro atoms. The van der Waals surface area contributed by atoms with E-state index in [2.05, 4.69) is 6.58 Å². The van der Waals surface area contributed by atoms with Gasteiger partial charge in [0.25, 0.3) is 0 Å². The molecule has 0 heterocycles. The topological polar surface area (TPSA) is 54.4 Å². The second kappa shape index (κ2) is 7.98. The molecule has 0 aliphatic rings. The van der Waals surface area contributed by atoms with E-state index in [1.807, 2.05) is 0 Å². The van der Waals surface area contributed by atoms with Crippen molar-refractivity contribution >= 4 is 11.8 Å². The summed E-state index contributed by atoms with van der Waals surface area (Å²) in [6, 6.07) is 0. The number of carbonyl (C=O) groups is 2. The second-order valence-corrected chi connectivity index (χ2v) is 2.67. The van der Waals surface area contributed by atoms with E-state index in [1.165, 1.54) is 13.8 Å². The molecular weight excluding hydrogens is 156 g/mol. The quantitative estimate of drug-likeness (QED) is 0.661. The number of carboxylic acids is 1. The van der Waals surface area contributed by atoms with Crippen molar-refractivity contribution < 1.29 is 14.7 Å². The molecule has 0 aromatic heterocycles. The lowest BCUT2D eigenvalue weighted by molar-refractivity contribution is -0.141. The van der Waals surface area contributed by atoms with Crippen LogP contribution in [0.2, 0.25) is 0 Å². The third-order valence-corrected chi connectivity index (χ3v) is 0.942. The second-order valence-electron chi connectivity index (χ2n) is 2.67. The molecule has 3 heteroatoms. The highest BCUT2D eigenvalue weighted by molar-refractivity contribution is 5.72. The maximum Gasteiger partial charge on any atom is 0.306 e. The van der Waals surface area contributed by atoms with Crippen LogP contribution in [0.3, 0.4) is 0 Å². The summed E-state index contributed by atoms with van der Waals surface area (Å²) in [6.07, 6.45) is 2.16. The standard InChI is InChI=1S/C6H10O2.C3H6O/c1-3-4-5(2)6(7)8;1-3(2)4/h3,5H,1,4H2,2H3,(H,7,8);1-2H3. The number of allylic oxidation sites excluding steroid dienone is 1. The molecule has 0 radical (unpaired) electrons. The molecule has 0 amide bonds. The maximum absolute atomic E-state index is 10.0. The highest BCUT2D eigenvalue weighted by Crippen LogP contribution is 2.00. The Balaban J connectivity index is 0. The van der Waals surface area contributed by atoms with Crippen LogP contribution in [0.15, 0.2) is 12.7 Å². The lowest BCUT2D eigenvalue weighted by Gasteiger charge is -1.97. The lowest BCUT2D eigenvalue weighted by atomic mass is 10.1. The lowest BCUT2D eigenvalue weighted by Crippen LogP contribution is -2.07. The van der Waals surface area contributed by atoms with Gasteiger partial charge in [-0.25, -0.2) is 0 Å². The van der Waals surface area contributed by atoms with Gasteiger partial charge in [-0.15, -0.1) is 6.58 Å². The number of hydrogen-bond acceptors (Lipinski definition) is 2. The van der Waals surface area contributed by atoms with Gasteiger partial charge in [-0.3, -0.25) is 4.79 Å². The molecule has 3 nitrogen and oxygen atoms in total. The first kappa shape index (κ1) is 13.5. The summed E-state index contributed by atoms with van der Waals surface area (Å²) in [5.74, 6) is -0.877. The highest BCUT2D eigenvalue weighted by Gasteiger charge is 2.06. The predicted octanol–water partition coefficient (Wildman–Crippen LogP) is 1.88. The van der Waals surface area contributed by atoms with Gasteiger partial charge in [-0.05, 0) is 20.3 Å². The van der Waals surface area contributed by atoms with Crippen molar-refractivity contribution in [2.24, 2.45) is 5.92 Å². The fraction of sp³-hybridized carbons (Fsp3) is 0.556. The summed E-state index contributed by atoms with van der Waals surface area (Å²) in [5.41, 5.74) is 0. The van der Waals surface area contributed by atoms with Crippen molar-refractivity contribution in [2.45, 2.75) is 27.2 Å². The molecular formula is C9H16O3. The minimum absolute atomic E-state index is 0.167. The van der Waals surface area contributed by atoms with Crippen molar-refractivity contribution in [3.63, 3.8) is 0 Å². The summed E-state index contributed by atoms with van der Waals surface area (Å²) in [6.45, 7) is 8.13. The molecule has 12 heavy (non-hydrogen) atoms. The third-order valence-electron chi connectivity index (χ3n) is 0.942. The van der Waals surface area contributed by atoms with Crippen LogP contribution in [-0.4, -0.2) is 16.9 Å². The van der Waals surface area contributed by atoms with Crippen LogP contribution in [0.1, 0.15) is 27.2 Å². The summed E-state index contributed by atoms with van der Waals surface area (Å²) in [5, 5.41) is 8.27. The van der Waals surface area contributed by atoms with Crippen molar-refractivity contribution in [3.05, 3.63) is 12.7 Å². The Bertz CT molecular complexity index is 157. The van der Waals surface area contributed by atoms with E-state index < -0.39 is 5.97 Å². The Morgan fingerprint density at radius 2 is 1.83 bits per heavy atom. The molecule has 1 unspecified atom stereocenters. The zero-order valence-corrected chi connectivity index (χ0v) is 7.83. The number of rotatable bonds is 3. The Hall–Kier alpha value is -1.12. The third kappa shape index (κ3) is 15.9. The number of aliphatic carboxylic acids is 1. The van der Waals surface area contributed by atoms with Gasteiger partial charge in [0.2, 0.25) is 0 Å². The SMILES string of the molecule is C=CCC(C)C(=O)O.CC(C)=O. The van der Waals surface area contributed by atoms with Crippen LogP contribution >= 0.6 is 0 Å². The van der Waals surface area contributed by atoms with Crippen molar-refractivity contribution in [2.75, 3.05) is 0 Å². The van der Waals surface area contributed by atoms with E-state index in [-0.39, 0.29) is 11.7 Å². The molecule has 0 rings (SSSR count). The van der Waals surface area contributed by atoms with Crippen molar-refractivity contribution in [1.29, 1.82) is 0 Å². The average molecular weight is 172 g/mol. The fourth-order valence-electron chi connectivity index (χ4n) is 0.351. The van der Waals surface area contributed by atoms with Gasteiger partial charge in [-0.2, -0.15) is 0 Å². The number of carbonyl (C=O) groups excluding carboxylic acids is 1. The average Bonchev–Trinajstić information content (AvgIpc) is 1.86. The van der Waals surface area contributed by atoms with Gasteiger partial charge in [0.15, 0.2) is 0 Å². The van der Waals surface area contributed by atoms with E-state index in [0.29, 0.717) is 6.42 Å². The molecule has 0 bridgehead atoms. The Morgan fingerprint density at radius 1 is 1.50 bits per heavy atom. The molecule has 0 fully saturated rings. The van der Waals surface area contributed by atoms with Crippen LogP contribution in [0.25, 0.3) is 0 Å². The first-order valence-electron chi connectivity index (χ1n) is 3.72. The van der Waals surface area contributed by atoms with E-state index in [1.54, 1.807) is 13.0 Å². The fourth-order valence-corrected chi connectivity index (χ4v) is 0.351. The maximum atomic E-state index is 10.0. The molecule has 70 valence electrons. The van der Waals surface area contributed by atoms with E-state index in [4.69, 9.17) is 5.11 Å². The Morgan fingerprint density at radius 3 is 1.92 bits per heavy atom. The van der Waals surface area contributed by atoms with Crippen LogP contribution in [0.5, 0.6) is 0 Å². The summed E-state index contributed by atoms with van der Waals surface area (Å²) >= 11 is 0. The van der Waals surface area contributed by atoms with Gasteiger partial charge in [0, 0.05) is 0 Å². The minimum Gasteiger partial charge on any atom is -0.481 e. The number of hydrogen-bond donors (Lipinski definition) is 1. The smallest absolute Gasteiger partial charge is 0.306 e. The van der Waals surface area contributed by atoms with Gasteiger partial charge in [0.05, 0.1) is 5.92 Å². The number of Topliss-reactive ketones (excluding diaryl/α,β-unsaturated/α-hetero) is 1. The van der Waals surface area contributed by atoms with Gasteiger partial charge in [0.1, 0.15) is 5.78 Å². The molecule has 0 aliphatic carbocycles. The number of ketones is 1. The minimum atomic E-state index is -0.759. The Kier molecular flexibility index (Phi) is 8.96. The predicted molar refractivity (Wildman–Crippen MR) is 48.0 cm³/mol. The monoisotopic (exact) mass is 172 g/mol. The van der Waals surface area contributed by atoms with E-state index >= 15 is 0 Å². The largest absolute Gasteiger partial charge is 0.481 e. The summed E-state index contributed by atoms with van der Waals surface area (Å²) in [7, 11) is 0. The van der Waals surface area contributed by atoms with Crippen molar-refractivity contribution in [1.82, 2.24) is 0 Å². The first-order chi connectivity index (χ1) is 5.41. The molecule has 1 N–H and O–H groups in total. The molecule has 0 saturated heterocycles.